The number of carbonyl (C=O) groups is 1. The molecule has 0 bridgehead atoms. The Bertz CT molecular complexity index is 674. The lowest BCUT2D eigenvalue weighted by molar-refractivity contribution is 0.0636. The molecule has 0 saturated carbocycles. The molecule has 0 spiro atoms. The largest absolute Gasteiger partial charge is 0.496 e. The summed E-state index contributed by atoms with van der Waals surface area (Å²) in [4.78, 5) is 11.8. The van der Waals surface area contributed by atoms with Gasteiger partial charge in [-0.25, -0.2) is 4.79 Å². The molecule has 1 aromatic heterocycles. The molecule has 3 N–H and O–H groups in total. The number of nitrogen functional groups attached to an aromatic ring is 1. The minimum absolute atomic E-state index is 0.285. The SMILES string of the molecule is COc1cc(NC(=O)OC(C)(C)C)ccc1-c1cc(N)no1. The van der Waals surface area contributed by atoms with Crippen LogP contribution in [0.15, 0.2) is 28.8 Å². The number of aromatic nitrogens is 1. The van der Waals surface area contributed by atoms with E-state index < -0.39 is 11.7 Å². The third-order valence-corrected chi connectivity index (χ3v) is 2.64. The lowest BCUT2D eigenvalue weighted by Gasteiger charge is -2.20. The first-order valence-electron chi connectivity index (χ1n) is 6.69. The van der Waals surface area contributed by atoms with Crippen molar-refractivity contribution in [3.8, 4) is 17.1 Å². The van der Waals surface area contributed by atoms with Crippen molar-refractivity contribution in [2.45, 2.75) is 26.4 Å². The third-order valence-electron chi connectivity index (χ3n) is 2.64. The quantitative estimate of drug-likeness (QED) is 0.902. The van der Waals surface area contributed by atoms with Crippen LogP contribution >= 0.6 is 0 Å². The van der Waals surface area contributed by atoms with Crippen LogP contribution in [0.2, 0.25) is 0 Å². The third kappa shape index (κ3) is 3.91. The fourth-order valence-electron chi connectivity index (χ4n) is 1.81. The maximum atomic E-state index is 11.8. The van der Waals surface area contributed by atoms with Gasteiger partial charge in [-0.05, 0) is 32.9 Å². The Morgan fingerprint density at radius 1 is 1.32 bits per heavy atom. The second-order valence-electron chi connectivity index (χ2n) is 5.66. The van der Waals surface area contributed by atoms with E-state index in [9.17, 15) is 4.79 Å². The van der Waals surface area contributed by atoms with Gasteiger partial charge < -0.3 is 19.7 Å². The Labute approximate surface area is 128 Å². The molecule has 7 nitrogen and oxygen atoms in total. The van der Waals surface area contributed by atoms with Gasteiger partial charge in [0.25, 0.3) is 0 Å². The Morgan fingerprint density at radius 2 is 2.05 bits per heavy atom. The van der Waals surface area contributed by atoms with Crippen LogP contribution in [0.4, 0.5) is 16.3 Å². The molecule has 2 aromatic rings. The van der Waals surface area contributed by atoms with Crippen LogP contribution in [0.1, 0.15) is 20.8 Å². The van der Waals surface area contributed by atoms with Crippen molar-refractivity contribution in [1.29, 1.82) is 0 Å². The van der Waals surface area contributed by atoms with Gasteiger partial charge in [0.15, 0.2) is 11.6 Å². The highest BCUT2D eigenvalue weighted by Gasteiger charge is 2.17. The molecule has 7 heteroatoms. The summed E-state index contributed by atoms with van der Waals surface area (Å²) in [5, 5.41) is 6.28. The van der Waals surface area contributed by atoms with Gasteiger partial charge in [0.1, 0.15) is 11.4 Å². The lowest BCUT2D eigenvalue weighted by atomic mass is 10.1. The van der Waals surface area contributed by atoms with Gasteiger partial charge in [0.05, 0.1) is 12.7 Å². The molecule has 1 aromatic carbocycles. The molecule has 0 saturated heterocycles. The maximum absolute atomic E-state index is 11.8. The normalized spacial score (nSPS) is 11.1. The maximum Gasteiger partial charge on any atom is 0.412 e. The number of carbonyl (C=O) groups excluding carboxylic acids is 1. The summed E-state index contributed by atoms with van der Waals surface area (Å²) in [5.74, 6) is 1.29. The number of nitrogens with two attached hydrogens (primary N) is 1. The summed E-state index contributed by atoms with van der Waals surface area (Å²) in [6, 6.07) is 6.71. The number of rotatable bonds is 3. The summed E-state index contributed by atoms with van der Waals surface area (Å²) in [6.45, 7) is 5.39. The number of methoxy groups -OCH3 is 1. The van der Waals surface area contributed by atoms with Crippen molar-refractivity contribution in [1.82, 2.24) is 5.16 Å². The van der Waals surface area contributed by atoms with Crippen molar-refractivity contribution >= 4 is 17.6 Å². The van der Waals surface area contributed by atoms with E-state index in [1.54, 1.807) is 45.0 Å². The van der Waals surface area contributed by atoms with Gasteiger partial charge in [-0.2, -0.15) is 0 Å². The molecule has 0 aliphatic carbocycles. The fraction of sp³-hybridized carbons (Fsp3) is 0.333. The first-order valence-corrected chi connectivity index (χ1v) is 6.69. The monoisotopic (exact) mass is 305 g/mol. The average Bonchev–Trinajstić information content (AvgIpc) is 2.82. The smallest absolute Gasteiger partial charge is 0.412 e. The number of hydrogen-bond acceptors (Lipinski definition) is 6. The summed E-state index contributed by atoms with van der Waals surface area (Å²) in [6.07, 6.45) is -0.536. The van der Waals surface area contributed by atoms with Crippen LogP contribution in [0.5, 0.6) is 5.75 Å². The molecule has 0 fully saturated rings. The fourth-order valence-corrected chi connectivity index (χ4v) is 1.81. The van der Waals surface area contributed by atoms with E-state index >= 15 is 0 Å². The topological polar surface area (TPSA) is 99.6 Å². The molecule has 0 unspecified atom stereocenters. The number of nitrogens with one attached hydrogen (secondary N) is 1. The summed E-state index contributed by atoms with van der Waals surface area (Å²) in [7, 11) is 1.52. The number of nitrogens with zero attached hydrogens (tertiary/aromatic N) is 1. The van der Waals surface area contributed by atoms with Crippen molar-refractivity contribution in [3.05, 3.63) is 24.3 Å². The number of amides is 1. The molecule has 1 heterocycles. The minimum atomic E-state index is -0.564. The van der Waals surface area contributed by atoms with Gasteiger partial charge in [-0.15, -0.1) is 0 Å². The molecule has 22 heavy (non-hydrogen) atoms. The van der Waals surface area contributed by atoms with Crippen molar-refractivity contribution in [2.24, 2.45) is 0 Å². The van der Waals surface area contributed by atoms with Gasteiger partial charge in [-0.3, -0.25) is 5.32 Å². The van der Waals surface area contributed by atoms with E-state index in [4.69, 9.17) is 19.7 Å². The predicted octanol–water partition coefficient (Wildman–Crippen LogP) is 3.28. The average molecular weight is 305 g/mol. The van der Waals surface area contributed by atoms with Crippen LogP contribution < -0.4 is 15.8 Å². The highest BCUT2D eigenvalue weighted by Crippen LogP contribution is 2.33. The van der Waals surface area contributed by atoms with E-state index in [-0.39, 0.29) is 5.82 Å². The molecule has 0 radical (unpaired) electrons. The van der Waals surface area contributed by atoms with E-state index in [0.717, 1.165) is 0 Å². The Balaban J connectivity index is 2.21. The zero-order chi connectivity index (χ0) is 16.3. The molecular weight excluding hydrogens is 286 g/mol. The molecule has 0 aliphatic heterocycles. The molecule has 1 amide bonds. The molecule has 0 atom stereocenters. The first kappa shape index (κ1) is 15.7. The van der Waals surface area contributed by atoms with E-state index in [0.29, 0.717) is 22.8 Å². The zero-order valence-electron chi connectivity index (χ0n) is 13.0. The number of benzene rings is 1. The molecule has 0 aliphatic rings. The van der Waals surface area contributed by atoms with Crippen molar-refractivity contribution in [3.63, 3.8) is 0 Å². The number of hydrogen-bond donors (Lipinski definition) is 2. The standard InChI is InChI=1S/C15H19N3O4/c1-15(2,3)21-14(19)17-9-5-6-10(11(7-9)20-4)12-8-13(16)18-22-12/h5-8H,1-4H3,(H2,16,18)(H,17,19). The second-order valence-corrected chi connectivity index (χ2v) is 5.66. The van der Waals surface area contributed by atoms with Crippen LogP contribution in [-0.2, 0) is 4.74 Å². The van der Waals surface area contributed by atoms with Crippen LogP contribution in [0.3, 0.4) is 0 Å². The Hall–Kier alpha value is -2.70. The van der Waals surface area contributed by atoms with Crippen LogP contribution in [0, 0.1) is 0 Å². The minimum Gasteiger partial charge on any atom is -0.496 e. The number of ether oxygens (including phenoxy) is 2. The van der Waals surface area contributed by atoms with Gasteiger partial charge >= 0.3 is 6.09 Å². The summed E-state index contributed by atoms with van der Waals surface area (Å²) in [5.41, 5.74) is 6.20. The van der Waals surface area contributed by atoms with Crippen LogP contribution in [-0.4, -0.2) is 24.0 Å². The van der Waals surface area contributed by atoms with Gasteiger partial charge in [-0.1, -0.05) is 5.16 Å². The van der Waals surface area contributed by atoms with Gasteiger partial charge in [0, 0.05) is 17.8 Å². The number of anilines is 2. The highest BCUT2D eigenvalue weighted by atomic mass is 16.6. The summed E-state index contributed by atoms with van der Waals surface area (Å²) >= 11 is 0. The predicted molar refractivity (Wildman–Crippen MR) is 82.8 cm³/mol. The first-order chi connectivity index (χ1) is 10.3. The van der Waals surface area contributed by atoms with E-state index in [1.807, 2.05) is 0 Å². The Morgan fingerprint density at radius 3 is 2.59 bits per heavy atom. The van der Waals surface area contributed by atoms with Gasteiger partial charge in [0.2, 0.25) is 0 Å². The Kier molecular flexibility index (Phi) is 4.25. The zero-order valence-corrected chi connectivity index (χ0v) is 13.0. The lowest BCUT2D eigenvalue weighted by Crippen LogP contribution is -2.27. The van der Waals surface area contributed by atoms with Crippen molar-refractivity contribution < 1.29 is 18.8 Å². The van der Waals surface area contributed by atoms with E-state index in [2.05, 4.69) is 10.5 Å². The highest BCUT2D eigenvalue weighted by molar-refractivity contribution is 5.86. The summed E-state index contributed by atoms with van der Waals surface area (Å²) < 4.78 is 15.6. The van der Waals surface area contributed by atoms with Crippen LogP contribution in [0.25, 0.3) is 11.3 Å². The van der Waals surface area contributed by atoms with E-state index in [1.165, 1.54) is 7.11 Å². The second kappa shape index (κ2) is 5.97. The van der Waals surface area contributed by atoms with Crippen molar-refractivity contribution in [2.75, 3.05) is 18.2 Å². The molecular formula is C15H19N3O4. The molecule has 2 rings (SSSR count). The molecule has 118 valence electrons.